The molecule has 1 aliphatic heterocycles. The lowest BCUT2D eigenvalue weighted by Gasteiger charge is -2.15. The molecule has 0 radical (unpaired) electrons. The van der Waals surface area contributed by atoms with Crippen LogP contribution < -0.4 is 5.73 Å². The fourth-order valence-electron chi connectivity index (χ4n) is 2.14. The maximum atomic E-state index is 6.04. The molecule has 1 aromatic rings. The third-order valence-corrected chi connectivity index (χ3v) is 4.26. The lowest BCUT2D eigenvalue weighted by molar-refractivity contribution is 0.318. The molecule has 0 bridgehead atoms. The van der Waals surface area contributed by atoms with E-state index in [1.54, 1.807) is 11.3 Å². The summed E-state index contributed by atoms with van der Waals surface area (Å²) in [5.41, 5.74) is 7.40. The van der Waals surface area contributed by atoms with Crippen LogP contribution in [-0.4, -0.2) is 29.0 Å². The quantitative estimate of drug-likeness (QED) is 0.879. The van der Waals surface area contributed by atoms with E-state index in [1.165, 1.54) is 10.7 Å². The molecule has 1 fully saturated rings. The number of thiazole rings is 1. The third-order valence-electron chi connectivity index (χ3n) is 3.43. The van der Waals surface area contributed by atoms with Gasteiger partial charge in [0.05, 0.1) is 12.2 Å². The highest BCUT2D eigenvalue weighted by atomic mass is 32.1. The molecule has 2 unspecified atom stereocenters. The minimum atomic E-state index is 0.156. The van der Waals surface area contributed by atoms with Gasteiger partial charge >= 0.3 is 0 Å². The maximum Gasteiger partial charge on any atom is 0.107 e. The monoisotopic (exact) mass is 253 g/mol. The molecule has 0 aliphatic carbocycles. The predicted molar refractivity (Wildman–Crippen MR) is 73.2 cm³/mol. The Morgan fingerprint density at radius 1 is 1.47 bits per heavy atom. The second kappa shape index (κ2) is 4.67. The van der Waals surface area contributed by atoms with E-state index >= 15 is 0 Å². The van der Waals surface area contributed by atoms with Gasteiger partial charge in [-0.15, -0.1) is 11.3 Å². The van der Waals surface area contributed by atoms with Crippen LogP contribution in [0.5, 0.6) is 0 Å². The van der Waals surface area contributed by atoms with E-state index in [-0.39, 0.29) is 5.41 Å². The number of nitrogens with zero attached hydrogens (tertiary/aromatic N) is 2. The standard InChI is InChI=1S/C13H23N3S/c1-9-5-16(6-10(9)14)7-12-15-11(8-17-12)13(2,3)4/h8-10H,5-7,14H2,1-4H3. The van der Waals surface area contributed by atoms with Crippen LogP contribution in [0.2, 0.25) is 0 Å². The highest BCUT2D eigenvalue weighted by Crippen LogP contribution is 2.25. The van der Waals surface area contributed by atoms with Crippen molar-refractivity contribution in [3.05, 3.63) is 16.1 Å². The molecule has 2 N–H and O–H groups in total. The first-order valence-corrected chi connectivity index (χ1v) is 7.17. The van der Waals surface area contributed by atoms with E-state index in [4.69, 9.17) is 10.7 Å². The molecule has 96 valence electrons. The molecule has 0 spiro atoms. The summed E-state index contributed by atoms with van der Waals surface area (Å²) in [6, 6.07) is 0.331. The second-order valence-corrected chi connectivity index (χ2v) is 7.15. The Kier molecular flexibility index (Phi) is 3.57. The molecule has 17 heavy (non-hydrogen) atoms. The van der Waals surface area contributed by atoms with Gasteiger partial charge in [0.1, 0.15) is 5.01 Å². The van der Waals surface area contributed by atoms with Crippen molar-refractivity contribution in [2.45, 2.75) is 45.7 Å². The molecule has 4 heteroatoms. The first-order valence-electron chi connectivity index (χ1n) is 6.29. The summed E-state index contributed by atoms with van der Waals surface area (Å²) in [7, 11) is 0. The van der Waals surface area contributed by atoms with E-state index in [0.717, 1.165) is 19.6 Å². The molecule has 3 nitrogen and oxygen atoms in total. The van der Waals surface area contributed by atoms with Crippen LogP contribution in [-0.2, 0) is 12.0 Å². The van der Waals surface area contributed by atoms with Gasteiger partial charge in [-0.1, -0.05) is 27.7 Å². The lowest BCUT2D eigenvalue weighted by atomic mass is 9.93. The Balaban J connectivity index is 1.98. The molecule has 2 atom stereocenters. The van der Waals surface area contributed by atoms with Crippen LogP contribution in [0.1, 0.15) is 38.4 Å². The lowest BCUT2D eigenvalue weighted by Crippen LogP contribution is -2.28. The van der Waals surface area contributed by atoms with Crippen molar-refractivity contribution in [1.29, 1.82) is 0 Å². The topological polar surface area (TPSA) is 42.2 Å². The minimum Gasteiger partial charge on any atom is -0.326 e. The van der Waals surface area contributed by atoms with Crippen molar-refractivity contribution < 1.29 is 0 Å². The van der Waals surface area contributed by atoms with Gasteiger partial charge in [0.25, 0.3) is 0 Å². The van der Waals surface area contributed by atoms with Gasteiger partial charge < -0.3 is 5.73 Å². The fourth-order valence-corrected chi connectivity index (χ4v) is 3.21. The number of rotatable bonds is 2. The molecular formula is C13H23N3S. The molecule has 2 rings (SSSR count). The average molecular weight is 253 g/mol. The predicted octanol–water partition coefficient (Wildman–Crippen LogP) is 2.22. The molecule has 0 amide bonds. The van der Waals surface area contributed by atoms with Gasteiger partial charge in [0.2, 0.25) is 0 Å². The highest BCUT2D eigenvalue weighted by Gasteiger charge is 2.27. The van der Waals surface area contributed by atoms with Crippen molar-refractivity contribution >= 4 is 11.3 Å². The number of hydrogen-bond acceptors (Lipinski definition) is 4. The molecule has 0 saturated carbocycles. The summed E-state index contributed by atoms with van der Waals surface area (Å²) in [4.78, 5) is 7.15. The van der Waals surface area contributed by atoms with Gasteiger partial charge in [-0.2, -0.15) is 0 Å². The highest BCUT2D eigenvalue weighted by molar-refractivity contribution is 7.09. The largest absolute Gasteiger partial charge is 0.326 e. The summed E-state index contributed by atoms with van der Waals surface area (Å²) >= 11 is 1.77. The molecule has 1 saturated heterocycles. The zero-order valence-electron chi connectivity index (χ0n) is 11.2. The van der Waals surface area contributed by atoms with Crippen LogP contribution >= 0.6 is 11.3 Å². The van der Waals surface area contributed by atoms with Crippen molar-refractivity contribution in [2.75, 3.05) is 13.1 Å². The first-order chi connectivity index (χ1) is 7.86. The number of aromatic nitrogens is 1. The van der Waals surface area contributed by atoms with Gasteiger partial charge in [-0.05, 0) is 5.92 Å². The van der Waals surface area contributed by atoms with Crippen molar-refractivity contribution in [3.8, 4) is 0 Å². The fraction of sp³-hybridized carbons (Fsp3) is 0.769. The minimum absolute atomic E-state index is 0.156. The smallest absolute Gasteiger partial charge is 0.107 e. The van der Waals surface area contributed by atoms with E-state index in [9.17, 15) is 0 Å². The zero-order chi connectivity index (χ0) is 12.6. The summed E-state index contributed by atoms with van der Waals surface area (Å²) in [6.07, 6.45) is 0. The van der Waals surface area contributed by atoms with Gasteiger partial charge in [0, 0.05) is 29.9 Å². The third kappa shape index (κ3) is 3.06. The van der Waals surface area contributed by atoms with E-state index in [0.29, 0.717) is 12.0 Å². The van der Waals surface area contributed by atoms with Crippen LogP contribution in [0.3, 0.4) is 0 Å². The van der Waals surface area contributed by atoms with E-state index < -0.39 is 0 Å². The molecule has 2 heterocycles. The van der Waals surface area contributed by atoms with Crippen molar-refractivity contribution in [2.24, 2.45) is 11.7 Å². The Bertz CT molecular complexity index is 370. The number of likely N-dealkylation sites (tertiary alicyclic amines) is 1. The first kappa shape index (κ1) is 13.0. The average Bonchev–Trinajstić information content (AvgIpc) is 2.75. The Labute approximate surface area is 108 Å². The summed E-state index contributed by atoms with van der Waals surface area (Å²) < 4.78 is 0. The molecule has 1 aliphatic rings. The van der Waals surface area contributed by atoms with Crippen LogP contribution in [0, 0.1) is 5.92 Å². The van der Waals surface area contributed by atoms with E-state index in [2.05, 4.69) is 38.0 Å². The molecular weight excluding hydrogens is 230 g/mol. The van der Waals surface area contributed by atoms with Gasteiger partial charge in [-0.25, -0.2) is 4.98 Å². The second-order valence-electron chi connectivity index (χ2n) is 6.21. The number of hydrogen-bond donors (Lipinski definition) is 1. The van der Waals surface area contributed by atoms with Crippen molar-refractivity contribution in [3.63, 3.8) is 0 Å². The molecule has 0 aromatic carbocycles. The Morgan fingerprint density at radius 3 is 2.65 bits per heavy atom. The Hall–Kier alpha value is -0.450. The SMILES string of the molecule is CC1CN(Cc2nc(C(C)(C)C)cs2)CC1N. The number of nitrogens with two attached hydrogens (primary N) is 1. The zero-order valence-corrected chi connectivity index (χ0v) is 12.0. The van der Waals surface area contributed by atoms with Crippen LogP contribution in [0.25, 0.3) is 0 Å². The molecule has 1 aromatic heterocycles. The summed E-state index contributed by atoms with van der Waals surface area (Å²) in [5, 5.41) is 3.41. The maximum absolute atomic E-state index is 6.04. The van der Waals surface area contributed by atoms with E-state index in [1.807, 2.05) is 0 Å². The summed E-state index contributed by atoms with van der Waals surface area (Å²) in [6.45, 7) is 11.9. The normalized spacial score (nSPS) is 26.6. The summed E-state index contributed by atoms with van der Waals surface area (Å²) in [5.74, 6) is 0.608. The van der Waals surface area contributed by atoms with Crippen LogP contribution in [0.15, 0.2) is 5.38 Å². The van der Waals surface area contributed by atoms with Gasteiger partial charge in [0.15, 0.2) is 0 Å². The van der Waals surface area contributed by atoms with Crippen LogP contribution in [0.4, 0.5) is 0 Å². The Morgan fingerprint density at radius 2 is 2.18 bits per heavy atom. The van der Waals surface area contributed by atoms with Gasteiger partial charge in [-0.3, -0.25) is 4.90 Å². The van der Waals surface area contributed by atoms with Crippen molar-refractivity contribution in [1.82, 2.24) is 9.88 Å².